The summed E-state index contributed by atoms with van der Waals surface area (Å²) in [5.74, 6) is 0.965. The Morgan fingerprint density at radius 1 is 1.03 bits per heavy atom. The van der Waals surface area contributed by atoms with Gasteiger partial charge in [-0.05, 0) is 74.0 Å². The normalized spacial score (nSPS) is 33.9. The molecule has 0 aromatic heterocycles. The smallest absolute Gasteiger partial charge is 0.303 e. The molecule has 0 radical (unpaired) electrons. The van der Waals surface area contributed by atoms with Crippen LogP contribution in [0.25, 0.3) is 0 Å². The second-order valence-corrected chi connectivity index (χ2v) is 13.0. The zero-order valence-electron chi connectivity index (χ0n) is 19.5. The van der Waals surface area contributed by atoms with Crippen molar-refractivity contribution in [3.8, 4) is 0 Å². The van der Waals surface area contributed by atoms with Crippen molar-refractivity contribution < 1.29 is 23.1 Å². The van der Waals surface area contributed by atoms with Crippen LogP contribution in [-0.2, 0) is 19.8 Å². The first-order chi connectivity index (χ1) is 15.1. The molecule has 182 valence electrons. The summed E-state index contributed by atoms with van der Waals surface area (Å²) in [5, 5.41) is 12.1. The first-order valence-corrected chi connectivity index (χ1v) is 13.7. The van der Waals surface area contributed by atoms with Crippen molar-refractivity contribution in [3.63, 3.8) is 0 Å². The molecule has 0 aromatic carbocycles. The van der Waals surface area contributed by atoms with Gasteiger partial charge in [0.25, 0.3) is 10.2 Å². The molecule has 1 amide bonds. The predicted octanol–water partition coefficient (Wildman–Crippen LogP) is 2.32. The maximum atomic E-state index is 13.2. The van der Waals surface area contributed by atoms with Crippen molar-refractivity contribution in [2.75, 3.05) is 32.7 Å². The highest BCUT2D eigenvalue weighted by molar-refractivity contribution is 7.86. The van der Waals surface area contributed by atoms with Crippen molar-refractivity contribution in [1.82, 2.24) is 13.9 Å². The van der Waals surface area contributed by atoms with Crippen molar-refractivity contribution in [2.45, 2.75) is 65.2 Å². The summed E-state index contributed by atoms with van der Waals surface area (Å²) in [7, 11) is -3.62. The molecule has 3 aliphatic carbocycles. The van der Waals surface area contributed by atoms with Crippen molar-refractivity contribution in [2.24, 2.45) is 35.0 Å². The van der Waals surface area contributed by atoms with E-state index in [1.54, 1.807) is 0 Å². The van der Waals surface area contributed by atoms with Gasteiger partial charge in [0.1, 0.15) is 0 Å². The Labute approximate surface area is 192 Å². The molecule has 8 nitrogen and oxygen atoms in total. The first-order valence-electron chi connectivity index (χ1n) is 12.3. The number of rotatable bonds is 7. The molecule has 5 fully saturated rings. The van der Waals surface area contributed by atoms with Crippen LogP contribution >= 0.6 is 0 Å². The number of aliphatic carboxylic acids is 1. The molecule has 0 aromatic rings. The van der Waals surface area contributed by atoms with Gasteiger partial charge in [-0.25, -0.2) is 0 Å². The molecule has 5 rings (SSSR count). The van der Waals surface area contributed by atoms with E-state index in [0.29, 0.717) is 62.7 Å². The maximum absolute atomic E-state index is 13.2. The van der Waals surface area contributed by atoms with E-state index < -0.39 is 16.2 Å². The van der Waals surface area contributed by atoms with Crippen LogP contribution in [0.2, 0.25) is 0 Å². The van der Waals surface area contributed by atoms with Crippen LogP contribution in [0, 0.1) is 35.0 Å². The number of amides is 1. The molecule has 1 unspecified atom stereocenters. The molecule has 2 heterocycles. The SMILES string of the molecule is CC1(C)[C@H]2CC[C@@H](CNC(=O)C3CCCN(S(=O)(=O)N4CCC(CC(=O)O)CC4)C3)[C@@H]1C2. The van der Waals surface area contributed by atoms with E-state index in [1.807, 2.05) is 0 Å². The Morgan fingerprint density at radius 2 is 1.75 bits per heavy atom. The number of piperidine rings is 2. The number of fused-ring (bicyclic) bond motifs is 2. The molecule has 2 aliphatic heterocycles. The molecular weight excluding hydrogens is 430 g/mol. The average molecular weight is 470 g/mol. The van der Waals surface area contributed by atoms with Crippen LogP contribution < -0.4 is 5.32 Å². The molecule has 3 saturated carbocycles. The zero-order chi connectivity index (χ0) is 23.1. The predicted molar refractivity (Wildman–Crippen MR) is 121 cm³/mol. The Kier molecular flexibility index (Phi) is 6.90. The summed E-state index contributed by atoms with van der Waals surface area (Å²) in [6, 6.07) is 0. The van der Waals surface area contributed by atoms with E-state index in [2.05, 4.69) is 19.2 Å². The first kappa shape index (κ1) is 24.0. The minimum Gasteiger partial charge on any atom is -0.481 e. The van der Waals surface area contributed by atoms with Crippen molar-refractivity contribution in [3.05, 3.63) is 0 Å². The molecule has 4 atom stereocenters. The highest BCUT2D eigenvalue weighted by Gasteiger charge is 2.54. The highest BCUT2D eigenvalue weighted by atomic mass is 32.2. The third-order valence-electron chi connectivity index (χ3n) is 8.98. The summed E-state index contributed by atoms with van der Waals surface area (Å²) in [6.07, 6.45) is 6.37. The number of hydrogen-bond donors (Lipinski definition) is 2. The van der Waals surface area contributed by atoms with Gasteiger partial charge in [-0.1, -0.05) is 13.8 Å². The monoisotopic (exact) mass is 469 g/mol. The van der Waals surface area contributed by atoms with Gasteiger partial charge in [-0.3, -0.25) is 9.59 Å². The number of nitrogens with zero attached hydrogens (tertiary/aromatic N) is 2. The van der Waals surface area contributed by atoms with Gasteiger partial charge in [-0.15, -0.1) is 0 Å². The van der Waals surface area contributed by atoms with Crippen LogP contribution in [0.3, 0.4) is 0 Å². The largest absolute Gasteiger partial charge is 0.481 e. The molecule has 0 spiro atoms. The van der Waals surface area contributed by atoms with Gasteiger partial charge in [-0.2, -0.15) is 17.0 Å². The van der Waals surface area contributed by atoms with Gasteiger partial charge >= 0.3 is 5.97 Å². The summed E-state index contributed by atoms with van der Waals surface area (Å²) in [5.41, 5.74) is 0.390. The topological polar surface area (TPSA) is 107 Å². The number of carboxylic acid groups (broad SMARTS) is 1. The van der Waals surface area contributed by atoms with Crippen molar-refractivity contribution in [1.29, 1.82) is 0 Å². The number of carboxylic acids is 1. The summed E-state index contributed by atoms with van der Waals surface area (Å²) in [6.45, 7) is 6.82. The molecule has 2 N–H and O–H groups in total. The molecular formula is C23H39N3O5S. The van der Waals surface area contributed by atoms with Gasteiger partial charge in [0.2, 0.25) is 5.91 Å². The van der Waals surface area contributed by atoms with Crippen molar-refractivity contribution >= 4 is 22.1 Å². The summed E-state index contributed by atoms with van der Waals surface area (Å²) >= 11 is 0. The van der Waals surface area contributed by atoms with E-state index in [-0.39, 0.29) is 30.7 Å². The van der Waals surface area contributed by atoms with E-state index in [9.17, 15) is 18.0 Å². The minimum atomic E-state index is -3.62. The van der Waals surface area contributed by atoms with Crippen LogP contribution in [0.4, 0.5) is 0 Å². The van der Waals surface area contributed by atoms with Gasteiger partial charge in [0.05, 0.1) is 5.92 Å². The van der Waals surface area contributed by atoms with Crippen LogP contribution in [0.1, 0.15) is 65.2 Å². The quantitative estimate of drug-likeness (QED) is 0.595. The van der Waals surface area contributed by atoms with E-state index in [1.165, 1.54) is 27.9 Å². The second kappa shape index (κ2) is 9.22. The lowest BCUT2D eigenvalue weighted by molar-refractivity contribution is -0.138. The fourth-order valence-corrected chi connectivity index (χ4v) is 8.43. The van der Waals surface area contributed by atoms with Gasteiger partial charge < -0.3 is 10.4 Å². The lowest BCUT2D eigenvalue weighted by atomic mass is 9.45. The Morgan fingerprint density at radius 3 is 2.38 bits per heavy atom. The summed E-state index contributed by atoms with van der Waals surface area (Å²) < 4.78 is 29.3. The standard InChI is InChI=1S/C23H39N3O5S/c1-23(2)19-6-5-17(20(23)13-19)14-24-22(29)18-4-3-9-26(15-18)32(30,31)25-10-7-16(8-11-25)12-21(27)28/h16-20H,3-15H2,1-2H3,(H,24,29)(H,27,28)/t17-,18?,19-,20-/m0/s1. The number of hydrogen-bond acceptors (Lipinski definition) is 4. The average Bonchev–Trinajstić information content (AvgIpc) is 2.77. The molecule has 5 aliphatic rings. The molecule has 2 saturated heterocycles. The second-order valence-electron chi connectivity index (χ2n) is 11.1. The third kappa shape index (κ3) is 4.71. The van der Waals surface area contributed by atoms with Gasteiger partial charge in [0, 0.05) is 39.1 Å². The zero-order valence-corrected chi connectivity index (χ0v) is 20.3. The third-order valence-corrected chi connectivity index (χ3v) is 11.0. The lowest BCUT2D eigenvalue weighted by Crippen LogP contribution is -2.55. The molecule has 32 heavy (non-hydrogen) atoms. The Balaban J connectivity index is 1.28. The summed E-state index contributed by atoms with van der Waals surface area (Å²) in [4.78, 5) is 23.8. The molecule has 2 bridgehead atoms. The van der Waals surface area contributed by atoms with Crippen LogP contribution in [-0.4, -0.2) is 66.7 Å². The minimum absolute atomic E-state index is 0.00989. The fourth-order valence-electron chi connectivity index (χ4n) is 6.70. The number of nitrogens with one attached hydrogen (secondary N) is 1. The van der Waals surface area contributed by atoms with Gasteiger partial charge in [0.15, 0.2) is 0 Å². The molecule has 9 heteroatoms. The lowest BCUT2D eigenvalue weighted by Gasteiger charge is -2.60. The number of carbonyl (C=O) groups is 2. The Bertz CT molecular complexity index is 819. The van der Waals surface area contributed by atoms with E-state index >= 15 is 0 Å². The number of carbonyl (C=O) groups excluding carboxylic acids is 1. The van der Waals surface area contributed by atoms with Crippen LogP contribution in [0.15, 0.2) is 0 Å². The Hall–Kier alpha value is -1.19. The van der Waals surface area contributed by atoms with E-state index in [4.69, 9.17) is 5.11 Å². The van der Waals surface area contributed by atoms with E-state index in [0.717, 1.165) is 12.3 Å². The highest BCUT2D eigenvalue weighted by Crippen LogP contribution is 2.61. The fraction of sp³-hybridized carbons (Fsp3) is 0.913. The maximum Gasteiger partial charge on any atom is 0.303 e. The van der Waals surface area contributed by atoms with Crippen LogP contribution in [0.5, 0.6) is 0 Å².